The van der Waals surface area contributed by atoms with Gasteiger partial charge in [0.05, 0.1) is 0 Å². The summed E-state index contributed by atoms with van der Waals surface area (Å²) in [7, 11) is 0. The van der Waals surface area contributed by atoms with Crippen LogP contribution in [0, 0.1) is 6.58 Å². The van der Waals surface area contributed by atoms with E-state index < -0.39 is 0 Å². The average molecular weight is 221 g/mol. The Morgan fingerprint density at radius 1 is 0.688 bits per heavy atom. The van der Waals surface area contributed by atoms with Crippen molar-refractivity contribution in [3.05, 3.63) is 24.8 Å². The SMILES string of the molecule is [CH]=CCCCCCCCCC=CCCCC. The zero-order chi connectivity index (χ0) is 11.9. The molecule has 0 amide bonds. The standard InChI is InChI=1S/C16H29/c1-3-5-7-9-11-13-15-16-14-12-10-8-6-4-2/h1,3,10,12H,4-9,11,13-16H2,2H3. The van der Waals surface area contributed by atoms with E-state index in [1.807, 2.05) is 0 Å². The van der Waals surface area contributed by atoms with Crippen molar-refractivity contribution in [3.8, 4) is 0 Å². The quantitative estimate of drug-likeness (QED) is 0.287. The number of allylic oxidation sites excluding steroid dienone is 3. The van der Waals surface area contributed by atoms with E-state index in [1.54, 1.807) is 6.08 Å². The van der Waals surface area contributed by atoms with Crippen LogP contribution < -0.4 is 0 Å². The molecule has 0 saturated heterocycles. The second-order valence-corrected chi connectivity index (χ2v) is 4.55. The topological polar surface area (TPSA) is 0 Å². The predicted octanol–water partition coefficient (Wildman–Crippen LogP) is 5.84. The first-order valence-corrected chi connectivity index (χ1v) is 7.10. The number of unbranched alkanes of at least 4 members (excludes halogenated alkanes) is 9. The monoisotopic (exact) mass is 221 g/mol. The molecular weight excluding hydrogens is 192 g/mol. The lowest BCUT2D eigenvalue weighted by molar-refractivity contribution is 0.600. The second kappa shape index (κ2) is 14.5. The lowest BCUT2D eigenvalue weighted by Crippen LogP contribution is -1.79. The Kier molecular flexibility index (Phi) is 14.0. The Bertz CT molecular complexity index is 155. The van der Waals surface area contributed by atoms with E-state index in [-0.39, 0.29) is 0 Å². The maximum absolute atomic E-state index is 5.33. The van der Waals surface area contributed by atoms with Gasteiger partial charge in [-0.25, -0.2) is 0 Å². The average Bonchev–Trinajstić information content (AvgIpc) is 2.31. The van der Waals surface area contributed by atoms with Gasteiger partial charge < -0.3 is 0 Å². The molecule has 1 radical (unpaired) electrons. The molecular formula is C16H29. The van der Waals surface area contributed by atoms with Crippen LogP contribution in [-0.4, -0.2) is 0 Å². The molecule has 0 nitrogen and oxygen atoms in total. The van der Waals surface area contributed by atoms with Gasteiger partial charge in [0.15, 0.2) is 0 Å². The van der Waals surface area contributed by atoms with Crippen LogP contribution in [0.2, 0.25) is 0 Å². The minimum atomic E-state index is 1.08. The molecule has 0 aliphatic heterocycles. The van der Waals surface area contributed by atoms with Gasteiger partial charge in [-0.05, 0) is 32.1 Å². The zero-order valence-corrected chi connectivity index (χ0v) is 11.1. The van der Waals surface area contributed by atoms with Crippen LogP contribution >= 0.6 is 0 Å². The Balaban J connectivity index is 2.98. The number of hydrogen-bond acceptors (Lipinski definition) is 0. The van der Waals surface area contributed by atoms with Crippen LogP contribution in [0.5, 0.6) is 0 Å². The van der Waals surface area contributed by atoms with E-state index in [0.717, 1.165) is 6.42 Å². The molecule has 93 valence electrons. The van der Waals surface area contributed by atoms with Gasteiger partial charge in [0.2, 0.25) is 0 Å². The highest BCUT2D eigenvalue weighted by Crippen LogP contribution is 2.09. The van der Waals surface area contributed by atoms with Crippen molar-refractivity contribution in [1.82, 2.24) is 0 Å². The Morgan fingerprint density at radius 3 is 1.75 bits per heavy atom. The van der Waals surface area contributed by atoms with Gasteiger partial charge in [0.1, 0.15) is 0 Å². The maximum Gasteiger partial charge on any atom is -0.0348 e. The smallest absolute Gasteiger partial charge is 0.0348 e. The molecule has 0 aliphatic rings. The highest BCUT2D eigenvalue weighted by Gasteiger charge is 1.89. The molecule has 0 heterocycles. The number of hydrogen-bond donors (Lipinski definition) is 0. The summed E-state index contributed by atoms with van der Waals surface area (Å²) >= 11 is 0. The van der Waals surface area contributed by atoms with E-state index in [2.05, 4.69) is 19.1 Å². The lowest BCUT2D eigenvalue weighted by Gasteiger charge is -1.99. The molecule has 0 heteroatoms. The Labute approximate surface area is 103 Å². The van der Waals surface area contributed by atoms with Gasteiger partial charge in [-0.1, -0.05) is 70.3 Å². The second-order valence-electron chi connectivity index (χ2n) is 4.55. The summed E-state index contributed by atoms with van der Waals surface area (Å²) in [6, 6.07) is 0. The van der Waals surface area contributed by atoms with Crippen LogP contribution in [0.15, 0.2) is 18.2 Å². The first kappa shape index (κ1) is 15.5. The zero-order valence-electron chi connectivity index (χ0n) is 11.1. The van der Waals surface area contributed by atoms with Gasteiger partial charge in [-0.3, -0.25) is 0 Å². The van der Waals surface area contributed by atoms with Crippen molar-refractivity contribution >= 4 is 0 Å². The molecule has 0 rings (SSSR count). The van der Waals surface area contributed by atoms with Crippen LogP contribution in [0.3, 0.4) is 0 Å². The van der Waals surface area contributed by atoms with Gasteiger partial charge in [0, 0.05) is 0 Å². The fraction of sp³-hybridized carbons (Fsp3) is 0.750. The largest absolute Gasteiger partial charge is 0.0885 e. The van der Waals surface area contributed by atoms with Crippen LogP contribution in [-0.2, 0) is 0 Å². The Hall–Kier alpha value is -0.520. The highest BCUT2D eigenvalue weighted by atomic mass is 14.0. The fourth-order valence-corrected chi connectivity index (χ4v) is 1.79. The molecule has 0 aromatic rings. The van der Waals surface area contributed by atoms with Gasteiger partial charge in [-0.2, -0.15) is 0 Å². The molecule has 0 unspecified atom stereocenters. The molecule has 0 fully saturated rings. The third-order valence-electron chi connectivity index (χ3n) is 2.88. The van der Waals surface area contributed by atoms with E-state index in [9.17, 15) is 0 Å². The molecule has 16 heavy (non-hydrogen) atoms. The summed E-state index contributed by atoms with van der Waals surface area (Å²) < 4.78 is 0. The maximum atomic E-state index is 5.33. The molecule has 0 saturated carbocycles. The molecule has 0 N–H and O–H groups in total. The number of rotatable bonds is 12. The summed E-state index contributed by atoms with van der Waals surface area (Å²) in [4.78, 5) is 0. The Morgan fingerprint density at radius 2 is 1.19 bits per heavy atom. The summed E-state index contributed by atoms with van der Waals surface area (Å²) in [5.41, 5.74) is 0. The first-order chi connectivity index (χ1) is 7.91. The normalized spacial score (nSPS) is 11.1. The molecule has 0 aromatic heterocycles. The van der Waals surface area contributed by atoms with E-state index >= 15 is 0 Å². The van der Waals surface area contributed by atoms with E-state index in [4.69, 9.17) is 6.58 Å². The summed E-state index contributed by atoms with van der Waals surface area (Å²) in [5.74, 6) is 0. The lowest BCUT2D eigenvalue weighted by atomic mass is 10.1. The van der Waals surface area contributed by atoms with Crippen LogP contribution in [0.25, 0.3) is 0 Å². The van der Waals surface area contributed by atoms with Crippen molar-refractivity contribution in [2.45, 2.75) is 77.6 Å². The third-order valence-corrected chi connectivity index (χ3v) is 2.88. The van der Waals surface area contributed by atoms with Crippen molar-refractivity contribution in [2.75, 3.05) is 0 Å². The van der Waals surface area contributed by atoms with Gasteiger partial charge in [0.25, 0.3) is 0 Å². The van der Waals surface area contributed by atoms with Crippen molar-refractivity contribution < 1.29 is 0 Å². The van der Waals surface area contributed by atoms with Crippen molar-refractivity contribution in [1.29, 1.82) is 0 Å². The fourth-order valence-electron chi connectivity index (χ4n) is 1.79. The molecule has 0 atom stereocenters. The van der Waals surface area contributed by atoms with Crippen molar-refractivity contribution in [2.24, 2.45) is 0 Å². The highest BCUT2D eigenvalue weighted by molar-refractivity contribution is 4.81. The molecule has 0 aromatic carbocycles. The van der Waals surface area contributed by atoms with Crippen molar-refractivity contribution in [3.63, 3.8) is 0 Å². The predicted molar refractivity (Wildman–Crippen MR) is 74.5 cm³/mol. The minimum absolute atomic E-state index is 1.08. The van der Waals surface area contributed by atoms with Crippen LogP contribution in [0.4, 0.5) is 0 Å². The van der Waals surface area contributed by atoms with Crippen LogP contribution in [0.1, 0.15) is 77.6 Å². The summed E-state index contributed by atoms with van der Waals surface area (Å²) in [6.45, 7) is 7.57. The molecule has 0 spiro atoms. The van der Waals surface area contributed by atoms with Gasteiger partial charge >= 0.3 is 0 Å². The van der Waals surface area contributed by atoms with E-state index in [1.165, 1.54) is 64.2 Å². The summed E-state index contributed by atoms with van der Waals surface area (Å²) in [6.07, 6.45) is 20.9. The minimum Gasteiger partial charge on any atom is -0.0885 e. The first-order valence-electron chi connectivity index (χ1n) is 7.10. The molecule has 0 aliphatic carbocycles. The van der Waals surface area contributed by atoms with Gasteiger partial charge in [-0.15, -0.1) is 0 Å². The van der Waals surface area contributed by atoms with E-state index in [0.29, 0.717) is 0 Å². The summed E-state index contributed by atoms with van der Waals surface area (Å²) in [5, 5.41) is 0. The molecule has 0 bridgehead atoms. The third kappa shape index (κ3) is 13.5.